The first-order valence-corrected chi connectivity index (χ1v) is 8.40. The standard InChI is InChI=1S/C19H24F4/c20-12-4-2-1-3-5-14-6-8-15(9-7-14)16-10-11-17(19(22)23)18(21)13-16/h1-2,10-11,13-15,19H,3-9,12H2/b2-1+. The summed E-state index contributed by atoms with van der Waals surface area (Å²) in [5.41, 5.74) is 0.329. The molecule has 0 unspecified atom stereocenters. The molecular formula is C19H24F4. The molecule has 0 spiro atoms. The predicted molar refractivity (Wildman–Crippen MR) is 85.0 cm³/mol. The maximum Gasteiger partial charge on any atom is 0.266 e. The molecule has 0 amide bonds. The summed E-state index contributed by atoms with van der Waals surface area (Å²) in [6, 6.07) is 4.15. The zero-order valence-electron chi connectivity index (χ0n) is 13.3. The minimum absolute atomic E-state index is 0.273. The Hall–Kier alpha value is -1.32. The van der Waals surface area contributed by atoms with Crippen LogP contribution in [0.2, 0.25) is 0 Å². The minimum Gasteiger partial charge on any atom is -0.251 e. The summed E-state index contributed by atoms with van der Waals surface area (Å²) in [6.45, 7) is -0.303. The Morgan fingerprint density at radius 1 is 1.04 bits per heavy atom. The molecule has 23 heavy (non-hydrogen) atoms. The Bertz CT molecular complexity index is 502. The van der Waals surface area contributed by atoms with Gasteiger partial charge in [-0.15, -0.1) is 0 Å². The molecule has 1 saturated carbocycles. The van der Waals surface area contributed by atoms with Gasteiger partial charge in [-0.25, -0.2) is 13.2 Å². The molecule has 0 atom stereocenters. The number of hydrogen-bond acceptors (Lipinski definition) is 0. The van der Waals surface area contributed by atoms with E-state index in [0.29, 0.717) is 12.3 Å². The number of rotatable bonds is 7. The summed E-state index contributed by atoms with van der Waals surface area (Å²) >= 11 is 0. The largest absolute Gasteiger partial charge is 0.266 e. The highest BCUT2D eigenvalue weighted by molar-refractivity contribution is 5.28. The van der Waals surface area contributed by atoms with E-state index < -0.39 is 17.8 Å². The zero-order valence-corrected chi connectivity index (χ0v) is 13.3. The van der Waals surface area contributed by atoms with Crippen molar-refractivity contribution in [2.24, 2.45) is 5.92 Å². The van der Waals surface area contributed by atoms with Gasteiger partial charge in [-0.05, 0) is 68.4 Å². The van der Waals surface area contributed by atoms with Gasteiger partial charge in [0.1, 0.15) is 5.82 Å². The topological polar surface area (TPSA) is 0 Å². The van der Waals surface area contributed by atoms with Crippen molar-refractivity contribution in [1.29, 1.82) is 0 Å². The number of halogens is 4. The molecule has 1 fully saturated rings. The normalized spacial score (nSPS) is 22.1. The van der Waals surface area contributed by atoms with Crippen molar-refractivity contribution in [3.8, 4) is 0 Å². The number of hydrogen-bond donors (Lipinski definition) is 0. The third-order valence-corrected chi connectivity index (χ3v) is 4.76. The average molecular weight is 328 g/mol. The van der Waals surface area contributed by atoms with Crippen molar-refractivity contribution < 1.29 is 17.6 Å². The zero-order chi connectivity index (χ0) is 16.7. The monoisotopic (exact) mass is 328 g/mol. The van der Waals surface area contributed by atoms with Gasteiger partial charge >= 0.3 is 0 Å². The molecule has 128 valence electrons. The lowest BCUT2D eigenvalue weighted by Crippen LogP contribution is -2.13. The second-order valence-corrected chi connectivity index (χ2v) is 6.33. The molecule has 1 aliphatic rings. The quantitative estimate of drug-likeness (QED) is 0.384. The van der Waals surface area contributed by atoms with Crippen LogP contribution in [0.15, 0.2) is 30.4 Å². The van der Waals surface area contributed by atoms with Gasteiger partial charge in [-0.2, -0.15) is 0 Å². The minimum atomic E-state index is -2.76. The lowest BCUT2D eigenvalue weighted by atomic mass is 9.77. The van der Waals surface area contributed by atoms with E-state index in [9.17, 15) is 17.6 Å². The smallest absolute Gasteiger partial charge is 0.251 e. The SMILES string of the molecule is FCC/C=C/CCC1CCC(c2ccc(C(F)F)c(F)c2)CC1. The lowest BCUT2D eigenvalue weighted by molar-refractivity contribution is 0.146. The van der Waals surface area contributed by atoms with Crippen LogP contribution >= 0.6 is 0 Å². The van der Waals surface area contributed by atoms with Crippen LogP contribution in [0.4, 0.5) is 17.6 Å². The van der Waals surface area contributed by atoms with E-state index in [1.807, 2.05) is 12.2 Å². The van der Waals surface area contributed by atoms with E-state index in [4.69, 9.17) is 0 Å². The molecule has 1 aliphatic carbocycles. The molecular weight excluding hydrogens is 304 g/mol. The third kappa shape index (κ3) is 5.36. The van der Waals surface area contributed by atoms with Crippen LogP contribution in [0.3, 0.4) is 0 Å². The van der Waals surface area contributed by atoms with Crippen LogP contribution in [0.1, 0.15) is 68.4 Å². The van der Waals surface area contributed by atoms with Crippen LogP contribution in [-0.4, -0.2) is 6.67 Å². The van der Waals surface area contributed by atoms with E-state index in [1.165, 1.54) is 12.1 Å². The Labute approximate surface area is 135 Å². The summed E-state index contributed by atoms with van der Waals surface area (Å²) in [5, 5.41) is 0. The van der Waals surface area contributed by atoms with Gasteiger partial charge in [-0.3, -0.25) is 4.39 Å². The maximum absolute atomic E-state index is 13.7. The highest BCUT2D eigenvalue weighted by atomic mass is 19.3. The molecule has 1 aromatic carbocycles. The Kier molecular flexibility index (Phi) is 7.13. The van der Waals surface area contributed by atoms with Gasteiger partial charge in [-0.1, -0.05) is 24.3 Å². The van der Waals surface area contributed by atoms with Crippen LogP contribution in [0, 0.1) is 11.7 Å². The fourth-order valence-electron chi connectivity index (χ4n) is 3.39. The summed E-state index contributed by atoms with van der Waals surface area (Å²) < 4.78 is 50.8. The van der Waals surface area contributed by atoms with Crippen molar-refractivity contribution in [3.63, 3.8) is 0 Å². The molecule has 0 bridgehead atoms. The molecule has 0 saturated heterocycles. The molecule has 1 aromatic rings. The van der Waals surface area contributed by atoms with E-state index >= 15 is 0 Å². The first-order valence-electron chi connectivity index (χ1n) is 8.40. The molecule has 0 heterocycles. The Morgan fingerprint density at radius 3 is 2.35 bits per heavy atom. The van der Waals surface area contributed by atoms with E-state index in [1.54, 1.807) is 6.07 Å². The first kappa shape index (κ1) is 18.0. The van der Waals surface area contributed by atoms with Crippen molar-refractivity contribution >= 4 is 0 Å². The maximum atomic E-state index is 13.7. The van der Waals surface area contributed by atoms with E-state index in [2.05, 4.69) is 0 Å². The predicted octanol–water partition coefficient (Wildman–Crippen LogP) is 6.73. The van der Waals surface area contributed by atoms with Crippen molar-refractivity contribution in [1.82, 2.24) is 0 Å². The Balaban J connectivity index is 1.81. The van der Waals surface area contributed by atoms with Crippen molar-refractivity contribution in [2.45, 2.75) is 57.3 Å². The van der Waals surface area contributed by atoms with E-state index in [-0.39, 0.29) is 12.6 Å². The fraction of sp³-hybridized carbons (Fsp3) is 0.579. The van der Waals surface area contributed by atoms with Crippen molar-refractivity contribution in [3.05, 3.63) is 47.3 Å². The Morgan fingerprint density at radius 2 is 1.74 bits per heavy atom. The van der Waals surface area contributed by atoms with Crippen LogP contribution < -0.4 is 0 Å². The molecule has 0 aliphatic heterocycles. The molecule has 2 rings (SSSR count). The second-order valence-electron chi connectivity index (χ2n) is 6.33. The van der Waals surface area contributed by atoms with Crippen molar-refractivity contribution in [2.75, 3.05) is 6.67 Å². The van der Waals surface area contributed by atoms with Gasteiger partial charge in [0.15, 0.2) is 0 Å². The summed E-state index contributed by atoms with van der Waals surface area (Å²) in [4.78, 5) is 0. The van der Waals surface area contributed by atoms with Gasteiger partial charge < -0.3 is 0 Å². The second kappa shape index (κ2) is 9.09. The molecule has 0 radical (unpaired) electrons. The number of allylic oxidation sites excluding steroid dienone is 2. The molecule has 4 heteroatoms. The third-order valence-electron chi connectivity index (χ3n) is 4.76. The average Bonchev–Trinajstić information content (AvgIpc) is 2.55. The number of benzene rings is 1. The van der Waals surface area contributed by atoms with Gasteiger partial charge in [0.05, 0.1) is 12.2 Å². The van der Waals surface area contributed by atoms with Crippen LogP contribution in [0.5, 0.6) is 0 Å². The van der Waals surface area contributed by atoms with Gasteiger partial charge in [0.2, 0.25) is 0 Å². The molecule has 0 N–H and O–H groups in total. The van der Waals surface area contributed by atoms with Crippen LogP contribution in [-0.2, 0) is 0 Å². The van der Waals surface area contributed by atoms with Gasteiger partial charge in [0, 0.05) is 0 Å². The summed E-state index contributed by atoms with van der Waals surface area (Å²) in [5.74, 6) is 0.138. The van der Waals surface area contributed by atoms with Crippen LogP contribution in [0.25, 0.3) is 0 Å². The fourth-order valence-corrected chi connectivity index (χ4v) is 3.39. The summed E-state index contributed by atoms with van der Waals surface area (Å²) in [7, 11) is 0. The highest BCUT2D eigenvalue weighted by Gasteiger charge is 2.23. The molecule has 0 nitrogen and oxygen atoms in total. The summed E-state index contributed by atoms with van der Waals surface area (Å²) in [6.07, 6.45) is 7.88. The highest BCUT2D eigenvalue weighted by Crippen LogP contribution is 2.38. The van der Waals surface area contributed by atoms with Gasteiger partial charge in [0.25, 0.3) is 6.43 Å². The lowest BCUT2D eigenvalue weighted by Gasteiger charge is -2.28. The number of alkyl halides is 3. The first-order chi connectivity index (χ1) is 11.1. The van der Waals surface area contributed by atoms with E-state index in [0.717, 1.165) is 44.1 Å². The molecule has 0 aromatic heterocycles.